The molecule has 0 spiro atoms. The van der Waals surface area contributed by atoms with Crippen molar-refractivity contribution in [2.24, 2.45) is 5.73 Å². The number of nitrogens with zero attached hydrogens (tertiary/aromatic N) is 3. The Balaban J connectivity index is 1.95. The van der Waals surface area contributed by atoms with Gasteiger partial charge in [-0.25, -0.2) is 0 Å². The van der Waals surface area contributed by atoms with Gasteiger partial charge in [0.25, 0.3) is 0 Å². The summed E-state index contributed by atoms with van der Waals surface area (Å²) in [5, 5.41) is 9.12. The molecule has 4 nitrogen and oxygen atoms in total. The van der Waals surface area contributed by atoms with Crippen LogP contribution in [-0.2, 0) is 0 Å². The fourth-order valence-corrected chi connectivity index (χ4v) is 2.37. The fraction of sp³-hybridized carbons (Fsp3) is 0.500. The van der Waals surface area contributed by atoms with Crippen LogP contribution < -0.4 is 10.6 Å². The first-order valence-electron chi connectivity index (χ1n) is 6.51. The molecule has 96 valence electrons. The van der Waals surface area contributed by atoms with Crippen LogP contribution in [0, 0.1) is 11.3 Å². The van der Waals surface area contributed by atoms with Gasteiger partial charge in [-0.1, -0.05) is 12.1 Å². The highest BCUT2D eigenvalue weighted by molar-refractivity contribution is 5.59. The number of anilines is 1. The normalized spacial score (nSPS) is 16.6. The molecule has 1 aliphatic heterocycles. The average Bonchev–Trinajstić information content (AvgIpc) is 2.45. The van der Waals surface area contributed by atoms with Gasteiger partial charge in [-0.3, -0.25) is 4.90 Å². The van der Waals surface area contributed by atoms with E-state index in [-0.39, 0.29) is 0 Å². The molecule has 0 aliphatic carbocycles. The number of nitriles is 1. The number of hydrogen-bond acceptors (Lipinski definition) is 4. The third kappa shape index (κ3) is 3.00. The van der Waals surface area contributed by atoms with Gasteiger partial charge in [-0.15, -0.1) is 0 Å². The van der Waals surface area contributed by atoms with E-state index in [1.807, 2.05) is 24.3 Å². The molecule has 2 rings (SSSR count). The molecule has 0 unspecified atom stereocenters. The van der Waals surface area contributed by atoms with Crippen LogP contribution in [0.15, 0.2) is 24.3 Å². The summed E-state index contributed by atoms with van der Waals surface area (Å²) in [5.41, 5.74) is 7.37. The molecule has 1 fully saturated rings. The Morgan fingerprint density at radius 2 is 1.89 bits per heavy atom. The lowest BCUT2D eigenvalue weighted by atomic mass is 10.1. The predicted molar refractivity (Wildman–Crippen MR) is 73.5 cm³/mol. The first-order valence-corrected chi connectivity index (χ1v) is 6.51. The molecule has 4 heteroatoms. The summed E-state index contributed by atoms with van der Waals surface area (Å²) in [5.74, 6) is 0. The Bertz CT molecular complexity index is 416. The monoisotopic (exact) mass is 244 g/mol. The van der Waals surface area contributed by atoms with Gasteiger partial charge in [0.15, 0.2) is 0 Å². The maximum atomic E-state index is 9.12. The fourth-order valence-electron chi connectivity index (χ4n) is 2.37. The third-order valence-electron chi connectivity index (χ3n) is 3.42. The van der Waals surface area contributed by atoms with E-state index in [4.69, 9.17) is 11.0 Å². The molecule has 0 aromatic heterocycles. The Labute approximate surface area is 109 Å². The maximum Gasteiger partial charge on any atom is 0.101 e. The number of nitrogens with two attached hydrogens (primary N) is 1. The predicted octanol–water partition coefficient (Wildman–Crippen LogP) is 1.03. The van der Waals surface area contributed by atoms with E-state index in [0.29, 0.717) is 0 Å². The molecule has 1 aliphatic rings. The molecule has 0 saturated carbocycles. The SMILES string of the molecule is N#Cc1ccccc1N1CCN(CCCN)CC1. The van der Waals surface area contributed by atoms with Crippen molar-refractivity contribution < 1.29 is 0 Å². The van der Waals surface area contributed by atoms with Crippen molar-refractivity contribution in [2.45, 2.75) is 6.42 Å². The van der Waals surface area contributed by atoms with Crippen molar-refractivity contribution in [1.82, 2.24) is 4.90 Å². The first kappa shape index (κ1) is 12.9. The smallest absolute Gasteiger partial charge is 0.101 e. The summed E-state index contributed by atoms with van der Waals surface area (Å²) >= 11 is 0. The molecule has 1 heterocycles. The Morgan fingerprint density at radius 3 is 2.56 bits per heavy atom. The van der Waals surface area contributed by atoms with E-state index in [1.165, 1.54) is 0 Å². The van der Waals surface area contributed by atoms with E-state index in [1.54, 1.807) is 0 Å². The molecular weight excluding hydrogens is 224 g/mol. The zero-order valence-corrected chi connectivity index (χ0v) is 10.7. The molecular formula is C14H20N4. The van der Waals surface area contributed by atoms with E-state index in [9.17, 15) is 0 Å². The number of para-hydroxylation sites is 1. The highest BCUT2D eigenvalue weighted by atomic mass is 15.3. The van der Waals surface area contributed by atoms with Crippen LogP contribution in [0.2, 0.25) is 0 Å². The highest BCUT2D eigenvalue weighted by Crippen LogP contribution is 2.20. The second kappa shape index (κ2) is 6.39. The molecule has 18 heavy (non-hydrogen) atoms. The zero-order chi connectivity index (χ0) is 12.8. The van der Waals surface area contributed by atoms with Crippen LogP contribution in [0.25, 0.3) is 0 Å². The maximum absolute atomic E-state index is 9.12. The number of benzene rings is 1. The second-order valence-corrected chi connectivity index (χ2v) is 4.60. The lowest BCUT2D eigenvalue weighted by Crippen LogP contribution is -2.47. The summed E-state index contributed by atoms with van der Waals surface area (Å²) in [6.07, 6.45) is 1.06. The summed E-state index contributed by atoms with van der Waals surface area (Å²) in [6.45, 7) is 5.94. The Morgan fingerprint density at radius 1 is 1.17 bits per heavy atom. The summed E-state index contributed by atoms with van der Waals surface area (Å²) in [4.78, 5) is 4.75. The minimum Gasteiger partial charge on any atom is -0.368 e. The largest absolute Gasteiger partial charge is 0.368 e. The van der Waals surface area contributed by atoms with Gasteiger partial charge in [0.05, 0.1) is 11.3 Å². The minimum absolute atomic E-state index is 0.761. The van der Waals surface area contributed by atoms with Crippen molar-refractivity contribution in [3.63, 3.8) is 0 Å². The van der Waals surface area contributed by atoms with Crippen molar-refractivity contribution in [2.75, 3.05) is 44.2 Å². The Kier molecular flexibility index (Phi) is 4.57. The third-order valence-corrected chi connectivity index (χ3v) is 3.42. The van der Waals surface area contributed by atoms with Gasteiger partial charge in [0, 0.05) is 26.2 Å². The van der Waals surface area contributed by atoms with Crippen LogP contribution in [0.4, 0.5) is 5.69 Å². The van der Waals surface area contributed by atoms with Crippen molar-refractivity contribution in [3.8, 4) is 6.07 Å². The van der Waals surface area contributed by atoms with Gasteiger partial charge in [-0.05, 0) is 31.6 Å². The Hall–Kier alpha value is -1.57. The standard InChI is InChI=1S/C14H20N4/c15-6-3-7-17-8-10-18(11-9-17)14-5-2-1-4-13(14)12-16/h1-2,4-5H,3,6-11,15H2. The van der Waals surface area contributed by atoms with Crippen molar-refractivity contribution in [3.05, 3.63) is 29.8 Å². The summed E-state index contributed by atoms with van der Waals surface area (Å²) in [7, 11) is 0. The number of piperazine rings is 1. The quantitative estimate of drug-likeness (QED) is 0.859. The van der Waals surface area contributed by atoms with Gasteiger partial charge in [0.2, 0.25) is 0 Å². The number of rotatable bonds is 4. The molecule has 0 radical (unpaired) electrons. The minimum atomic E-state index is 0.761. The van der Waals surface area contributed by atoms with E-state index in [0.717, 1.165) is 56.9 Å². The average molecular weight is 244 g/mol. The van der Waals surface area contributed by atoms with Crippen LogP contribution in [-0.4, -0.2) is 44.2 Å². The van der Waals surface area contributed by atoms with E-state index < -0.39 is 0 Å². The second-order valence-electron chi connectivity index (χ2n) is 4.60. The van der Waals surface area contributed by atoms with Gasteiger partial charge >= 0.3 is 0 Å². The van der Waals surface area contributed by atoms with E-state index >= 15 is 0 Å². The molecule has 1 aromatic rings. The zero-order valence-electron chi connectivity index (χ0n) is 10.7. The van der Waals surface area contributed by atoms with E-state index in [2.05, 4.69) is 15.9 Å². The highest BCUT2D eigenvalue weighted by Gasteiger charge is 2.18. The van der Waals surface area contributed by atoms with Crippen LogP contribution in [0.5, 0.6) is 0 Å². The van der Waals surface area contributed by atoms with Crippen LogP contribution >= 0.6 is 0 Å². The molecule has 1 saturated heterocycles. The van der Waals surface area contributed by atoms with Crippen molar-refractivity contribution in [1.29, 1.82) is 5.26 Å². The molecule has 0 atom stereocenters. The van der Waals surface area contributed by atoms with Crippen molar-refractivity contribution >= 4 is 5.69 Å². The molecule has 0 amide bonds. The number of hydrogen-bond donors (Lipinski definition) is 1. The molecule has 0 bridgehead atoms. The lowest BCUT2D eigenvalue weighted by molar-refractivity contribution is 0.256. The molecule has 2 N–H and O–H groups in total. The topological polar surface area (TPSA) is 56.3 Å². The van der Waals surface area contributed by atoms with Gasteiger partial charge in [0.1, 0.15) is 6.07 Å². The first-order chi connectivity index (χ1) is 8.85. The van der Waals surface area contributed by atoms with Crippen LogP contribution in [0.3, 0.4) is 0 Å². The lowest BCUT2D eigenvalue weighted by Gasteiger charge is -2.36. The molecule has 1 aromatic carbocycles. The van der Waals surface area contributed by atoms with Gasteiger partial charge < -0.3 is 10.6 Å². The summed E-state index contributed by atoms with van der Waals surface area (Å²) < 4.78 is 0. The van der Waals surface area contributed by atoms with Crippen LogP contribution in [0.1, 0.15) is 12.0 Å². The van der Waals surface area contributed by atoms with Gasteiger partial charge in [-0.2, -0.15) is 5.26 Å². The summed E-state index contributed by atoms with van der Waals surface area (Å²) in [6, 6.07) is 10.1.